The van der Waals surface area contributed by atoms with Crippen LogP contribution in [-0.2, 0) is 16.7 Å². The van der Waals surface area contributed by atoms with E-state index in [-0.39, 0.29) is 5.75 Å². The average molecular weight is 356 g/mol. The highest BCUT2D eigenvalue weighted by Crippen LogP contribution is 2.32. The third-order valence-corrected chi connectivity index (χ3v) is 5.24. The number of rotatable bonds is 7. The van der Waals surface area contributed by atoms with Crippen molar-refractivity contribution in [1.82, 2.24) is 9.80 Å². The van der Waals surface area contributed by atoms with Crippen LogP contribution in [0.2, 0.25) is 0 Å². The molecule has 1 N–H and O–H groups in total. The molecule has 0 unspecified atom stereocenters. The SMILES string of the molecule is O=S(=O)(O)CCCCN1CCN(Cc2ccc3c(c2)OCO3)CC1. The van der Waals surface area contributed by atoms with Gasteiger partial charge in [0.05, 0.1) is 5.75 Å². The fourth-order valence-corrected chi connectivity index (χ4v) is 3.66. The Kier molecular flexibility index (Phi) is 5.60. The standard InChI is InChI=1S/C16H24N2O5S/c19-24(20,21)10-2-1-5-17-6-8-18(9-7-17)12-14-3-4-15-16(11-14)23-13-22-15/h3-4,11H,1-2,5-10,12-13H2,(H,19,20,21). The van der Waals surface area contributed by atoms with Gasteiger partial charge in [-0.1, -0.05) is 6.07 Å². The Hall–Kier alpha value is -1.35. The molecule has 24 heavy (non-hydrogen) atoms. The topological polar surface area (TPSA) is 79.3 Å². The lowest BCUT2D eigenvalue weighted by molar-refractivity contribution is 0.126. The highest BCUT2D eigenvalue weighted by molar-refractivity contribution is 7.85. The molecular formula is C16H24N2O5S. The van der Waals surface area contributed by atoms with Crippen molar-refractivity contribution in [2.45, 2.75) is 19.4 Å². The zero-order valence-electron chi connectivity index (χ0n) is 13.7. The molecule has 2 aliphatic heterocycles. The predicted molar refractivity (Wildman–Crippen MR) is 89.9 cm³/mol. The van der Waals surface area contributed by atoms with Crippen molar-refractivity contribution in [3.8, 4) is 11.5 Å². The summed E-state index contributed by atoms with van der Waals surface area (Å²) in [5.74, 6) is 1.50. The molecule has 2 heterocycles. The number of hydrogen-bond donors (Lipinski definition) is 1. The van der Waals surface area contributed by atoms with Crippen molar-refractivity contribution in [1.29, 1.82) is 0 Å². The summed E-state index contributed by atoms with van der Waals surface area (Å²) in [6.07, 6.45) is 1.30. The smallest absolute Gasteiger partial charge is 0.264 e. The Balaban J connectivity index is 1.38. The molecule has 0 spiro atoms. The Morgan fingerprint density at radius 2 is 1.71 bits per heavy atom. The minimum Gasteiger partial charge on any atom is -0.454 e. The van der Waals surface area contributed by atoms with E-state index in [0.717, 1.165) is 57.2 Å². The van der Waals surface area contributed by atoms with Gasteiger partial charge in [-0.15, -0.1) is 0 Å². The Morgan fingerprint density at radius 3 is 2.46 bits per heavy atom. The van der Waals surface area contributed by atoms with Gasteiger partial charge in [0.25, 0.3) is 10.1 Å². The Labute approximate surface area is 142 Å². The van der Waals surface area contributed by atoms with Gasteiger partial charge in [-0.05, 0) is 37.1 Å². The highest BCUT2D eigenvalue weighted by atomic mass is 32.2. The van der Waals surface area contributed by atoms with Crippen LogP contribution in [0, 0.1) is 0 Å². The van der Waals surface area contributed by atoms with Crippen LogP contribution in [0.25, 0.3) is 0 Å². The highest BCUT2D eigenvalue weighted by Gasteiger charge is 2.18. The van der Waals surface area contributed by atoms with Gasteiger partial charge in [-0.2, -0.15) is 8.42 Å². The normalized spacial score (nSPS) is 18.9. The summed E-state index contributed by atoms with van der Waals surface area (Å²) in [6, 6.07) is 6.09. The van der Waals surface area contributed by atoms with E-state index in [0.29, 0.717) is 13.2 Å². The van der Waals surface area contributed by atoms with E-state index in [1.54, 1.807) is 0 Å². The van der Waals surface area contributed by atoms with Crippen molar-refractivity contribution >= 4 is 10.1 Å². The van der Waals surface area contributed by atoms with Crippen molar-refractivity contribution in [3.05, 3.63) is 23.8 Å². The van der Waals surface area contributed by atoms with Crippen molar-refractivity contribution in [3.63, 3.8) is 0 Å². The minimum atomic E-state index is -3.82. The number of benzene rings is 1. The second-order valence-corrected chi connectivity index (χ2v) is 7.87. The molecule has 0 amide bonds. The maximum Gasteiger partial charge on any atom is 0.264 e. The zero-order valence-corrected chi connectivity index (χ0v) is 14.5. The predicted octanol–water partition coefficient (Wildman–Crippen LogP) is 1.20. The second-order valence-electron chi connectivity index (χ2n) is 6.30. The Morgan fingerprint density at radius 1 is 1.00 bits per heavy atom. The van der Waals surface area contributed by atoms with E-state index in [1.807, 2.05) is 12.1 Å². The number of hydrogen-bond acceptors (Lipinski definition) is 6. The van der Waals surface area contributed by atoms with Crippen LogP contribution in [0.3, 0.4) is 0 Å². The summed E-state index contributed by atoms with van der Waals surface area (Å²) in [5.41, 5.74) is 1.22. The molecule has 0 aromatic heterocycles. The van der Waals surface area contributed by atoms with Gasteiger partial charge in [-0.3, -0.25) is 9.45 Å². The van der Waals surface area contributed by atoms with Gasteiger partial charge in [0.1, 0.15) is 0 Å². The van der Waals surface area contributed by atoms with Crippen LogP contribution in [-0.4, -0.2) is 68.0 Å². The molecule has 0 radical (unpaired) electrons. The second kappa shape index (κ2) is 7.69. The molecule has 1 aromatic carbocycles. The molecule has 1 fully saturated rings. The van der Waals surface area contributed by atoms with Crippen LogP contribution >= 0.6 is 0 Å². The quantitative estimate of drug-likeness (QED) is 0.581. The number of ether oxygens (including phenoxy) is 2. The largest absolute Gasteiger partial charge is 0.454 e. The van der Waals surface area contributed by atoms with E-state index < -0.39 is 10.1 Å². The first-order chi connectivity index (χ1) is 11.5. The summed E-state index contributed by atoms with van der Waals surface area (Å²) in [5, 5.41) is 0. The molecule has 3 rings (SSSR count). The molecule has 7 nitrogen and oxygen atoms in total. The summed E-state index contributed by atoms with van der Waals surface area (Å²) in [7, 11) is -3.82. The number of fused-ring (bicyclic) bond motifs is 1. The maximum atomic E-state index is 10.7. The fourth-order valence-electron chi connectivity index (χ4n) is 3.09. The van der Waals surface area contributed by atoms with Gasteiger partial charge in [0.15, 0.2) is 11.5 Å². The number of piperazine rings is 1. The third-order valence-electron chi connectivity index (χ3n) is 4.43. The van der Waals surface area contributed by atoms with Crippen molar-refractivity contribution in [2.75, 3.05) is 45.3 Å². The monoisotopic (exact) mass is 356 g/mol. The van der Waals surface area contributed by atoms with Crippen LogP contribution in [0.5, 0.6) is 11.5 Å². The van der Waals surface area contributed by atoms with E-state index in [1.165, 1.54) is 5.56 Å². The van der Waals surface area contributed by atoms with E-state index in [2.05, 4.69) is 15.9 Å². The zero-order chi connectivity index (χ0) is 17.0. The van der Waals surface area contributed by atoms with Gasteiger partial charge in [0.2, 0.25) is 6.79 Å². The maximum absolute atomic E-state index is 10.7. The van der Waals surface area contributed by atoms with Crippen LogP contribution in [0.4, 0.5) is 0 Å². The van der Waals surface area contributed by atoms with E-state index in [9.17, 15) is 8.42 Å². The molecule has 0 saturated carbocycles. The molecule has 1 aromatic rings. The Bertz CT molecular complexity index is 656. The van der Waals surface area contributed by atoms with Crippen LogP contribution in [0.1, 0.15) is 18.4 Å². The van der Waals surface area contributed by atoms with Gasteiger partial charge in [0, 0.05) is 32.7 Å². The van der Waals surface area contributed by atoms with Gasteiger partial charge >= 0.3 is 0 Å². The van der Waals surface area contributed by atoms with E-state index >= 15 is 0 Å². The summed E-state index contributed by atoms with van der Waals surface area (Å²) in [4.78, 5) is 4.76. The van der Waals surface area contributed by atoms with Gasteiger partial charge in [-0.25, -0.2) is 0 Å². The third kappa shape index (κ3) is 5.07. The van der Waals surface area contributed by atoms with E-state index in [4.69, 9.17) is 14.0 Å². The van der Waals surface area contributed by atoms with Crippen molar-refractivity contribution < 1.29 is 22.4 Å². The lowest BCUT2D eigenvalue weighted by atomic mass is 10.1. The first-order valence-electron chi connectivity index (χ1n) is 8.28. The molecule has 1 saturated heterocycles. The lowest BCUT2D eigenvalue weighted by Crippen LogP contribution is -2.46. The first-order valence-corrected chi connectivity index (χ1v) is 9.89. The number of unbranched alkanes of at least 4 members (excludes halogenated alkanes) is 1. The minimum absolute atomic E-state index is 0.142. The molecule has 0 aliphatic carbocycles. The molecule has 0 atom stereocenters. The van der Waals surface area contributed by atoms with Gasteiger partial charge < -0.3 is 14.4 Å². The van der Waals surface area contributed by atoms with Crippen LogP contribution in [0.15, 0.2) is 18.2 Å². The lowest BCUT2D eigenvalue weighted by Gasteiger charge is -2.34. The fraction of sp³-hybridized carbons (Fsp3) is 0.625. The van der Waals surface area contributed by atoms with Crippen molar-refractivity contribution in [2.24, 2.45) is 0 Å². The molecular weight excluding hydrogens is 332 g/mol. The average Bonchev–Trinajstić information content (AvgIpc) is 3.00. The molecule has 134 valence electrons. The molecule has 0 bridgehead atoms. The van der Waals surface area contributed by atoms with Crippen LogP contribution < -0.4 is 9.47 Å². The summed E-state index contributed by atoms with van der Waals surface area (Å²) in [6.45, 7) is 6.03. The summed E-state index contributed by atoms with van der Waals surface area (Å²) < 4.78 is 40.8. The first kappa shape index (κ1) is 17.5. The molecule has 2 aliphatic rings. The number of nitrogens with zero attached hydrogens (tertiary/aromatic N) is 2. The summed E-state index contributed by atoms with van der Waals surface area (Å²) >= 11 is 0. The molecule has 8 heteroatoms.